The lowest BCUT2D eigenvalue weighted by Gasteiger charge is -2.28. The van der Waals surface area contributed by atoms with Gasteiger partial charge in [-0.1, -0.05) is 62.4 Å². The Labute approximate surface area is 198 Å². The van der Waals surface area contributed by atoms with Crippen LogP contribution in [0.5, 0.6) is 0 Å². The fourth-order valence-corrected chi connectivity index (χ4v) is 4.69. The number of carbonyl (C=O) groups excluding carboxylic acids is 2. The molecule has 1 aliphatic heterocycles. The molecule has 8 nitrogen and oxygen atoms in total. The average molecular weight is 467 g/mol. The number of carboxylic acids is 1. The third-order valence-corrected chi connectivity index (χ3v) is 6.74. The second-order valence-corrected chi connectivity index (χ2v) is 9.24. The minimum atomic E-state index is -1.42. The Morgan fingerprint density at radius 2 is 1.71 bits per heavy atom. The standard InChI is InChI=1S/C26H30N2O6/c1-16(2)21(23(29)28-26(24(30)31)11-12-33-15-26)13-27-25(32)34-14-22-19-9-5-3-7-17(19)18-8-4-6-10-20(18)22/h3-10,16,21-22H,11-15H2,1-2H3,(H,27,32)(H,28,29)(H,30,31). The first-order valence-corrected chi connectivity index (χ1v) is 11.5. The van der Waals surface area contributed by atoms with Crippen molar-refractivity contribution in [1.29, 1.82) is 0 Å². The van der Waals surface area contributed by atoms with Gasteiger partial charge in [0.2, 0.25) is 5.91 Å². The van der Waals surface area contributed by atoms with E-state index in [0.717, 1.165) is 22.3 Å². The Morgan fingerprint density at radius 3 is 2.24 bits per heavy atom. The van der Waals surface area contributed by atoms with E-state index >= 15 is 0 Å². The number of ether oxygens (including phenoxy) is 2. The van der Waals surface area contributed by atoms with Crippen molar-refractivity contribution in [2.24, 2.45) is 11.8 Å². The van der Waals surface area contributed by atoms with Gasteiger partial charge in [-0.15, -0.1) is 0 Å². The second-order valence-electron chi connectivity index (χ2n) is 9.24. The van der Waals surface area contributed by atoms with E-state index in [1.54, 1.807) is 0 Å². The van der Waals surface area contributed by atoms with Gasteiger partial charge in [-0.3, -0.25) is 4.79 Å². The molecule has 180 valence electrons. The normalized spacial score (nSPS) is 19.9. The zero-order valence-corrected chi connectivity index (χ0v) is 19.4. The summed E-state index contributed by atoms with van der Waals surface area (Å²) in [4.78, 5) is 37.1. The van der Waals surface area contributed by atoms with Gasteiger partial charge in [0.1, 0.15) is 6.61 Å². The van der Waals surface area contributed by atoms with E-state index in [0.29, 0.717) is 0 Å². The van der Waals surface area contributed by atoms with Crippen molar-refractivity contribution in [3.8, 4) is 11.1 Å². The number of amides is 2. The Hall–Kier alpha value is -3.39. The number of fused-ring (bicyclic) bond motifs is 3. The highest BCUT2D eigenvalue weighted by atomic mass is 16.5. The van der Waals surface area contributed by atoms with Crippen molar-refractivity contribution in [2.45, 2.75) is 31.7 Å². The topological polar surface area (TPSA) is 114 Å². The molecule has 2 atom stereocenters. The molecule has 2 aliphatic rings. The summed E-state index contributed by atoms with van der Waals surface area (Å²) in [6.45, 7) is 4.12. The zero-order chi connectivity index (χ0) is 24.3. The monoisotopic (exact) mass is 466 g/mol. The number of alkyl carbamates (subject to hydrolysis) is 1. The zero-order valence-electron chi connectivity index (χ0n) is 19.4. The van der Waals surface area contributed by atoms with Gasteiger partial charge in [0.25, 0.3) is 0 Å². The first-order valence-electron chi connectivity index (χ1n) is 11.5. The third-order valence-electron chi connectivity index (χ3n) is 6.74. The lowest BCUT2D eigenvalue weighted by molar-refractivity contribution is -0.148. The van der Waals surface area contributed by atoms with Crippen LogP contribution < -0.4 is 10.6 Å². The Balaban J connectivity index is 1.36. The van der Waals surface area contributed by atoms with Crippen LogP contribution in [0.3, 0.4) is 0 Å². The Bertz CT molecular complexity index is 1030. The van der Waals surface area contributed by atoms with E-state index < -0.39 is 29.4 Å². The van der Waals surface area contributed by atoms with Crippen molar-refractivity contribution in [1.82, 2.24) is 10.6 Å². The molecule has 2 amide bonds. The molecule has 1 fully saturated rings. The van der Waals surface area contributed by atoms with E-state index in [1.807, 2.05) is 50.2 Å². The molecule has 0 spiro atoms. The van der Waals surface area contributed by atoms with E-state index in [4.69, 9.17) is 9.47 Å². The highest BCUT2D eigenvalue weighted by molar-refractivity contribution is 5.89. The predicted octanol–water partition coefficient (Wildman–Crippen LogP) is 3.16. The molecule has 1 saturated heterocycles. The molecular formula is C26H30N2O6. The molecule has 0 aromatic heterocycles. The average Bonchev–Trinajstić information content (AvgIpc) is 3.41. The highest BCUT2D eigenvalue weighted by Gasteiger charge is 2.45. The van der Waals surface area contributed by atoms with Gasteiger partial charge in [-0.2, -0.15) is 0 Å². The predicted molar refractivity (Wildman–Crippen MR) is 125 cm³/mol. The minimum absolute atomic E-state index is 0.0384. The van der Waals surface area contributed by atoms with Crippen molar-refractivity contribution < 1.29 is 29.0 Å². The quantitative estimate of drug-likeness (QED) is 0.551. The fraction of sp³-hybridized carbons (Fsp3) is 0.423. The molecule has 4 rings (SSSR count). The van der Waals surface area contributed by atoms with E-state index in [2.05, 4.69) is 22.8 Å². The van der Waals surface area contributed by atoms with Crippen LogP contribution in [0.2, 0.25) is 0 Å². The maximum absolute atomic E-state index is 12.9. The SMILES string of the molecule is CC(C)C(CNC(=O)OCC1c2ccccc2-c2ccccc21)C(=O)NC1(C(=O)O)CCOC1. The molecular weight excluding hydrogens is 436 g/mol. The molecule has 3 N–H and O–H groups in total. The van der Waals surface area contributed by atoms with Gasteiger partial charge in [0.15, 0.2) is 5.54 Å². The number of carboxylic acid groups (broad SMARTS) is 1. The van der Waals surface area contributed by atoms with Gasteiger partial charge in [-0.05, 0) is 28.2 Å². The van der Waals surface area contributed by atoms with Gasteiger partial charge in [0, 0.05) is 25.5 Å². The summed E-state index contributed by atoms with van der Waals surface area (Å²) in [5, 5.41) is 14.9. The Kier molecular flexibility index (Phi) is 6.88. The van der Waals surface area contributed by atoms with Crippen LogP contribution in [0.1, 0.15) is 37.3 Å². The number of hydrogen-bond acceptors (Lipinski definition) is 5. The van der Waals surface area contributed by atoms with Crippen LogP contribution in [0.15, 0.2) is 48.5 Å². The smallest absolute Gasteiger partial charge is 0.407 e. The van der Waals surface area contributed by atoms with E-state index in [9.17, 15) is 19.5 Å². The third kappa shape index (κ3) is 4.63. The molecule has 1 aliphatic carbocycles. The molecule has 8 heteroatoms. The number of aliphatic carboxylic acids is 1. The molecule has 0 radical (unpaired) electrons. The van der Waals surface area contributed by atoms with Crippen molar-refractivity contribution in [3.63, 3.8) is 0 Å². The summed E-state index contributed by atoms with van der Waals surface area (Å²) >= 11 is 0. The number of nitrogens with one attached hydrogen (secondary N) is 2. The second kappa shape index (κ2) is 9.85. The van der Waals surface area contributed by atoms with E-state index in [1.165, 1.54) is 0 Å². The van der Waals surface area contributed by atoms with Crippen molar-refractivity contribution in [2.75, 3.05) is 26.4 Å². The molecule has 0 bridgehead atoms. The molecule has 0 saturated carbocycles. The maximum atomic E-state index is 12.9. The summed E-state index contributed by atoms with van der Waals surface area (Å²) in [6, 6.07) is 16.2. The van der Waals surface area contributed by atoms with Crippen molar-refractivity contribution >= 4 is 18.0 Å². The lowest BCUT2D eigenvalue weighted by atomic mass is 9.92. The molecule has 34 heavy (non-hydrogen) atoms. The minimum Gasteiger partial charge on any atom is -0.479 e. The molecule has 2 aromatic rings. The van der Waals surface area contributed by atoms with Crippen LogP contribution in [0.4, 0.5) is 4.79 Å². The Morgan fingerprint density at radius 1 is 1.09 bits per heavy atom. The fourth-order valence-electron chi connectivity index (χ4n) is 4.69. The number of rotatable bonds is 8. The summed E-state index contributed by atoms with van der Waals surface area (Å²) in [5.41, 5.74) is 3.11. The van der Waals surface area contributed by atoms with E-state index in [-0.39, 0.29) is 44.6 Å². The summed E-state index contributed by atoms with van der Waals surface area (Å²) < 4.78 is 10.8. The summed E-state index contributed by atoms with van der Waals surface area (Å²) in [7, 11) is 0. The van der Waals surface area contributed by atoms with Crippen LogP contribution in [0.25, 0.3) is 11.1 Å². The van der Waals surface area contributed by atoms with Crippen LogP contribution in [-0.2, 0) is 19.1 Å². The van der Waals surface area contributed by atoms with Crippen molar-refractivity contribution in [3.05, 3.63) is 59.7 Å². The summed E-state index contributed by atoms with van der Waals surface area (Å²) in [5.74, 6) is -2.34. The highest BCUT2D eigenvalue weighted by Crippen LogP contribution is 2.44. The number of hydrogen-bond donors (Lipinski definition) is 3. The largest absolute Gasteiger partial charge is 0.479 e. The first-order chi connectivity index (χ1) is 16.3. The number of benzene rings is 2. The van der Waals surface area contributed by atoms with Gasteiger partial charge >= 0.3 is 12.1 Å². The molecule has 1 heterocycles. The summed E-state index contributed by atoms with van der Waals surface area (Å²) in [6.07, 6.45) is -0.406. The number of carbonyl (C=O) groups is 3. The molecule has 2 aromatic carbocycles. The van der Waals surface area contributed by atoms with Crippen LogP contribution >= 0.6 is 0 Å². The van der Waals surface area contributed by atoms with Crippen LogP contribution in [-0.4, -0.2) is 55.0 Å². The van der Waals surface area contributed by atoms with Gasteiger partial charge in [0.05, 0.1) is 12.5 Å². The first kappa shape index (κ1) is 23.8. The van der Waals surface area contributed by atoms with Gasteiger partial charge in [-0.25, -0.2) is 9.59 Å². The van der Waals surface area contributed by atoms with Gasteiger partial charge < -0.3 is 25.2 Å². The maximum Gasteiger partial charge on any atom is 0.407 e. The lowest BCUT2D eigenvalue weighted by Crippen LogP contribution is -2.58. The van der Waals surface area contributed by atoms with Crippen LogP contribution in [0, 0.1) is 11.8 Å². The molecule has 2 unspecified atom stereocenters.